The molecular weight excluding hydrogens is 530 g/mol. The van der Waals surface area contributed by atoms with E-state index in [9.17, 15) is 18.3 Å². The third-order valence-corrected chi connectivity index (χ3v) is 9.14. The average Bonchev–Trinajstić information content (AvgIpc) is 2.92. The Morgan fingerprint density at radius 2 is 1.50 bits per heavy atom. The summed E-state index contributed by atoms with van der Waals surface area (Å²) in [5.74, 6) is 1.01. The third-order valence-electron chi connectivity index (χ3n) is 7.07. The molecular formula is C30H37N3O6S. The van der Waals surface area contributed by atoms with Gasteiger partial charge < -0.3 is 19.5 Å². The predicted octanol–water partition coefficient (Wildman–Crippen LogP) is 4.26. The van der Waals surface area contributed by atoms with Gasteiger partial charge >= 0.3 is 0 Å². The highest BCUT2D eigenvalue weighted by molar-refractivity contribution is 7.91. The largest absolute Gasteiger partial charge is 0.508 e. The number of aromatic hydroxyl groups is 1. The highest BCUT2D eigenvalue weighted by atomic mass is 32.2. The first-order chi connectivity index (χ1) is 18.9. The molecule has 1 aliphatic heterocycles. The fourth-order valence-electron chi connectivity index (χ4n) is 4.54. The Bertz CT molecular complexity index is 1430. The van der Waals surface area contributed by atoms with Crippen LogP contribution in [0.4, 0.5) is 5.69 Å². The molecule has 9 nitrogen and oxygen atoms in total. The summed E-state index contributed by atoms with van der Waals surface area (Å²) < 4.78 is 37.2. The molecule has 0 spiro atoms. The number of ether oxygens (including phenoxy) is 2. The molecule has 0 saturated carbocycles. The van der Waals surface area contributed by atoms with E-state index >= 15 is 0 Å². The minimum Gasteiger partial charge on any atom is -0.508 e. The molecule has 0 bridgehead atoms. The first-order valence-corrected chi connectivity index (χ1v) is 14.6. The second-order valence-corrected chi connectivity index (χ2v) is 13.2. The van der Waals surface area contributed by atoms with E-state index in [1.807, 2.05) is 30.3 Å². The lowest BCUT2D eigenvalue weighted by Crippen LogP contribution is -2.46. The Morgan fingerprint density at radius 3 is 2.02 bits per heavy atom. The van der Waals surface area contributed by atoms with Gasteiger partial charge in [-0.1, -0.05) is 12.1 Å². The quantitative estimate of drug-likeness (QED) is 0.416. The molecule has 4 rings (SSSR count). The molecule has 1 amide bonds. The van der Waals surface area contributed by atoms with Crippen LogP contribution in [0.5, 0.6) is 17.2 Å². The zero-order valence-electron chi connectivity index (χ0n) is 23.6. The minimum atomic E-state index is -3.78. The second kappa shape index (κ2) is 11.8. The summed E-state index contributed by atoms with van der Waals surface area (Å²) in [6, 6.07) is 18.0. The van der Waals surface area contributed by atoms with Crippen molar-refractivity contribution in [2.45, 2.75) is 32.1 Å². The van der Waals surface area contributed by atoms with Crippen LogP contribution in [0.15, 0.2) is 60.7 Å². The molecule has 1 aliphatic rings. The lowest BCUT2D eigenvalue weighted by molar-refractivity contribution is 0.0980. The molecule has 1 fully saturated rings. The van der Waals surface area contributed by atoms with Gasteiger partial charge in [-0.25, -0.2) is 13.1 Å². The average molecular weight is 568 g/mol. The monoisotopic (exact) mass is 567 g/mol. The summed E-state index contributed by atoms with van der Waals surface area (Å²) in [5.41, 5.74) is 3.99. The van der Waals surface area contributed by atoms with E-state index in [1.54, 1.807) is 65.3 Å². The number of phenols is 1. The molecule has 0 radical (unpaired) electrons. The van der Waals surface area contributed by atoms with Gasteiger partial charge in [0.15, 0.2) is 0 Å². The van der Waals surface area contributed by atoms with Crippen LogP contribution in [0, 0.1) is 0 Å². The fraction of sp³-hybridized carbons (Fsp3) is 0.367. The fourth-order valence-corrected chi connectivity index (χ4v) is 5.21. The molecule has 10 heteroatoms. The number of carbonyl (C=O) groups is 1. The van der Waals surface area contributed by atoms with Crippen molar-refractivity contribution < 1.29 is 27.8 Å². The third kappa shape index (κ3) is 6.51. The van der Waals surface area contributed by atoms with Crippen molar-refractivity contribution in [1.29, 1.82) is 0 Å². The second-order valence-electron chi connectivity index (χ2n) is 10.8. The van der Waals surface area contributed by atoms with Crippen LogP contribution >= 0.6 is 0 Å². The number of amides is 1. The van der Waals surface area contributed by atoms with Crippen LogP contribution < -0.4 is 19.1 Å². The topological polar surface area (TPSA) is 108 Å². The van der Waals surface area contributed by atoms with Gasteiger partial charge in [-0.05, 0) is 80.4 Å². The first-order valence-electron chi connectivity index (χ1n) is 13.1. The number of benzene rings is 3. The van der Waals surface area contributed by atoms with Crippen LogP contribution in [0.1, 0.15) is 36.7 Å². The number of sulfonamides is 1. The SMILES string of the molecule is COc1cc(-c2cccc(O)c2)cc(OC)c1CN1CCN(c2ccc(C(=O)NS(=O)(=O)C(C)(C)C)cc2)CC1. The molecule has 3 aromatic carbocycles. The molecule has 0 unspecified atom stereocenters. The van der Waals surface area contributed by atoms with E-state index in [0.29, 0.717) is 12.1 Å². The van der Waals surface area contributed by atoms with Crippen LogP contribution in [0.2, 0.25) is 0 Å². The molecule has 0 atom stereocenters. The van der Waals surface area contributed by atoms with E-state index in [0.717, 1.165) is 60.1 Å². The number of rotatable bonds is 8. The zero-order chi connectivity index (χ0) is 29.1. The van der Waals surface area contributed by atoms with E-state index < -0.39 is 20.7 Å². The summed E-state index contributed by atoms with van der Waals surface area (Å²) in [6.45, 7) is 8.49. The van der Waals surface area contributed by atoms with Crippen LogP contribution in [-0.4, -0.2) is 69.5 Å². The Balaban J connectivity index is 1.41. The van der Waals surface area contributed by atoms with Gasteiger partial charge in [0.2, 0.25) is 10.0 Å². The highest BCUT2D eigenvalue weighted by Crippen LogP contribution is 2.37. The molecule has 1 saturated heterocycles. The van der Waals surface area contributed by atoms with E-state index in [4.69, 9.17) is 9.47 Å². The summed E-state index contributed by atoms with van der Waals surface area (Å²) in [4.78, 5) is 17.1. The Kier molecular flexibility index (Phi) is 8.60. The van der Waals surface area contributed by atoms with Gasteiger partial charge in [-0.3, -0.25) is 9.69 Å². The van der Waals surface area contributed by atoms with Crippen LogP contribution in [0.25, 0.3) is 11.1 Å². The molecule has 40 heavy (non-hydrogen) atoms. The number of nitrogens with zero attached hydrogens (tertiary/aromatic N) is 2. The van der Waals surface area contributed by atoms with E-state index in [2.05, 4.69) is 14.5 Å². The van der Waals surface area contributed by atoms with Crippen LogP contribution in [0.3, 0.4) is 0 Å². The summed E-state index contributed by atoms with van der Waals surface area (Å²) in [5, 5.41) is 9.89. The number of anilines is 1. The molecule has 0 aromatic heterocycles. The van der Waals surface area contributed by atoms with Gasteiger partial charge in [-0.15, -0.1) is 0 Å². The number of phenolic OH excluding ortho intramolecular Hbond substituents is 1. The van der Waals surface area contributed by atoms with E-state index in [-0.39, 0.29) is 5.75 Å². The van der Waals surface area contributed by atoms with Crippen molar-refractivity contribution in [3.8, 4) is 28.4 Å². The number of hydrogen-bond donors (Lipinski definition) is 2. The van der Waals surface area contributed by atoms with Crippen molar-refractivity contribution in [2.24, 2.45) is 0 Å². The first kappa shape index (κ1) is 29.2. The zero-order valence-corrected chi connectivity index (χ0v) is 24.4. The van der Waals surface area contributed by atoms with Crippen molar-refractivity contribution in [1.82, 2.24) is 9.62 Å². The molecule has 1 heterocycles. The number of carbonyl (C=O) groups excluding carboxylic acids is 1. The van der Waals surface area contributed by atoms with Gasteiger partial charge in [-0.2, -0.15) is 0 Å². The Hall–Kier alpha value is -3.76. The normalized spacial score (nSPS) is 14.6. The molecule has 3 aromatic rings. The lowest BCUT2D eigenvalue weighted by Gasteiger charge is -2.36. The van der Waals surface area contributed by atoms with Gasteiger partial charge in [0.25, 0.3) is 5.91 Å². The van der Waals surface area contributed by atoms with Gasteiger partial charge in [0, 0.05) is 44.0 Å². The Labute approximate surface area is 236 Å². The molecule has 0 aliphatic carbocycles. The van der Waals surface area contributed by atoms with E-state index in [1.165, 1.54) is 0 Å². The maximum Gasteiger partial charge on any atom is 0.264 e. The summed E-state index contributed by atoms with van der Waals surface area (Å²) in [7, 11) is -0.492. The maximum atomic E-state index is 12.5. The van der Waals surface area contributed by atoms with Crippen molar-refractivity contribution in [3.63, 3.8) is 0 Å². The molecule has 2 N–H and O–H groups in total. The number of methoxy groups -OCH3 is 2. The smallest absolute Gasteiger partial charge is 0.264 e. The van der Waals surface area contributed by atoms with Crippen molar-refractivity contribution >= 4 is 21.6 Å². The van der Waals surface area contributed by atoms with Gasteiger partial charge in [0.05, 0.1) is 24.5 Å². The number of piperazine rings is 1. The highest BCUT2D eigenvalue weighted by Gasteiger charge is 2.31. The molecule has 214 valence electrons. The predicted molar refractivity (Wildman–Crippen MR) is 157 cm³/mol. The van der Waals surface area contributed by atoms with Crippen LogP contribution in [-0.2, 0) is 16.6 Å². The minimum absolute atomic E-state index is 0.198. The van der Waals surface area contributed by atoms with Crippen molar-refractivity contribution in [3.05, 3.63) is 71.8 Å². The number of hydrogen-bond acceptors (Lipinski definition) is 8. The summed E-state index contributed by atoms with van der Waals surface area (Å²) >= 11 is 0. The van der Waals surface area contributed by atoms with Gasteiger partial charge in [0.1, 0.15) is 17.2 Å². The maximum absolute atomic E-state index is 12.5. The van der Waals surface area contributed by atoms with Crippen molar-refractivity contribution in [2.75, 3.05) is 45.3 Å². The standard InChI is InChI=1S/C30H37N3O6S/c1-30(2,3)40(36,37)31-29(35)21-9-11-24(12-10-21)33-15-13-32(14-16-33)20-26-27(38-4)18-23(19-28(26)39-5)22-7-6-8-25(34)17-22/h6-12,17-19,34H,13-16,20H2,1-5H3,(H,31,35). The lowest BCUT2D eigenvalue weighted by atomic mass is 10.0. The Morgan fingerprint density at radius 1 is 0.900 bits per heavy atom. The summed E-state index contributed by atoms with van der Waals surface area (Å²) in [6.07, 6.45) is 0. The number of nitrogens with one attached hydrogen (secondary N) is 1.